The molecule has 0 radical (unpaired) electrons. The second-order valence-electron chi connectivity index (χ2n) is 2.85. The van der Waals surface area contributed by atoms with Crippen molar-refractivity contribution in [1.82, 2.24) is 4.98 Å². The first-order valence-electron chi connectivity index (χ1n) is 4.56. The van der Waals surface area contributed by atoms with Gasteiger partial charge in [-0.2, -0.15) is 0 Å². The molecule has 4 heteroatoms. The number of aryl methyl sites for hydroxylation is 1. The summed E-state index contributed by atoms with van der Waals surface area (Å²) in [6.07, 6.45) is 0.808. The Morgan fingerprint density at radius 1 is 1.50 bits per heavy atom. The first kappa shape index (κ1) is 10.5. The molecule has 0 atom stereocenters. The summed E-state index contributed by atoms with van der Waals surface area (Å²) in [5.41, 5.74) is 0.608. The molecule has 0 saturated heterocycles. The molecule has 4 nitrogen and oxygen atoms in total. The lowest BCUT2D eigenvalue weighted by molar-refractivity contribution is -0.143. The summed E-state index contributed by atoms with van der Waals surface area (Å²) in [4.78, 5) is 24.5. The van der Waals surface area contributed by atoms with Crippen molar-refractivity contribution in [2.24, 2.45) is 0 Å². The van der Waals surface area contributed by atoms with Crippen LogP contribution in [0.4, 0.5) is 0 Å². The Hall–Kier alpha value is -1.58. The molecular formula is C10H13NO3. The van der Waals surface area contributed by atoms with Gasteiger partial charge >= 0.3 is 5.97 Å². The maximum atomic E-state index is 11.0. The van der Waals surface area contributed by atoms with E-state index in [1.807, 2.05) is 0 Å². The van der Waals surface area contributed by atoms with Gasteiger partial charge in [0.25, 0.3) is 0 Å². The molecular weight excluding hydrogens is 182 g/mol. The second-order valence-corrected chi connectivity index (χ2v) is 2.85. The predicted octanol–water partition coefficient (Wildman–Crippen LogP) is 0.871. The van der Waals surface area contributed by atoms with E-state index in [2.05, 4.69) is 4.98 Å². The van der Waals surface area contributed by atoms with Crippen LogP contribution in [0.3, 0.4) is 0 Å². The van der Waals surface area contributed by atoms with Crippen LogP contribution in [0.5, 0.6) is 0 Å². The van der Waals surface area contributed by atoms with E-state index in [0.29, 0.717) is 19.4 Å². The summed E-state index contributed by atoms with van der Waals surface area (Å²) in [6, 6.07) is 4.88. The normalized spacial score (nSPS) is 9.79. The number of carbonyl (C=O) groups is 1. The van der Waals surface area contributed by atoms with Crippen molar-refractivity contribution in [2.45, 2.75) is 19.8 Å². The molecule has 0 aliphatic carbocycles. The zero-order valence-corrected chi connectivity index (χ0v) is 8.08. The molecule has 0 amide bonds. The number of hydrogen-bond acceptors (Lipinski definition) is 3. The van der Waals surface area contributed by atoms with Crippen LogP contribution in [0.15, 0.2) is 23.0 Å². The van der Waals surface area contributed by atoms with E-state index in [1.54, 1.807) is 19.1 Å². The monoisotopic (exact) mass is 195 g/mol. The van der Waals surface area contributed by atoms with Gasteiger partial charge < -0.3 is 9.72 Å². The van der Waals surface area contributed by atoms with Gasteiger partial charge in [0, 0.05) is 11.8 Å². The molecule has 14 heavy (non-hydrogen) atoms. The quantitative estimate of drug-likeness (QED) is 0.725. The molecule has 76 valence electrons. The molecule has 0 aromatic carbocycles. The number of H-pyrrole nitrogens is 1. The Bertz CT molecular complexity index is 356. The summed E-state index contributed by atoms with van der Waals surface area (Å²) >= 11 is 0. The predicted molar refractivity (Wildman–Crippen MR) is 52.0 cm³/mol. The van der Waals surface area contributed by atoms with Crippen LogP contribution >= 0.6 is 0 Å². The smallest absolute Gasteiger partial charge is 0.306 e. The van der Waals surface area contributed by atoms with Crippen molar-refractivity contribution in [2.75, 3.05) is 6.61 Å². The van der Waals surface area contributed by atoms with Gasteiger partial charge in [0.2, 0.25) is 5.56 Å². The fourth-order valence-electron chi connectivity index (χ4n) is 1.11. The fourth-order valence-corrected chi connectivity index (χ4v) is 1.11. The van der Waals surface area contributed by atoms with Crippen molar-refractivity contribution in [3.63, 3.8) is 0 Å². The van der Waals surface area contributed by atoms with Gasteiger partial charge in [-0.15, -0.1) is 0 Å². The van der Waals surface area contributed by atoms with E-state index in [0.717, 1.165) is 5.69 Å². The molecule has 0 bridgehead atoms. The lowest BCUT2D eigenvalue weighted by Gasteiger charge is -2.01. The van der Waals surface area contributed by atoms with E-state index < -0.39 is 0 Å². The van der Waals surface area contributed by atoms with Gasteiger partial charge in [-0.25, -0.2) is 0 Å². The van der Waals surface area contributed by atoms with E-state index in [-0.39, 0.29) is 11.5 Å². The number of aromatic amines is 1. The number of ether oxygens (including phenoxy) is 1. The van der Waals surface area contributed by atoms with Crippen LogP contribution in [0.1, 0.15) is 19.0 Å². The molecule has 0 aliphatic rings. The average Bonchev–Trinajstić information content (AvgIpc) is 2.15. The highest BCUT2D eigenvalue weighted by molar-refractivity contribution is 5.69. The van der Waals surface area contributed by atoms with Crippen molar-refractivity contribution in [1.29, 1.82) is 0 Å². The summed E-state index contributed by atoms with van der Waals surface area (Å²) < 4.78 is 4.76. The van der Waals surface area contributed by atoms with E-state index in [1.165, 1.54) is 6.07 Å². The molecule has 1 aromatic heterocycles. The van der Waals surface area contributed by atoms with Crippen LogP contribution in [-0.4, -0.2) is 17.6 Å². The second kappa shape index (κ2) is 5.21. The largest absolute Gasteiger partial charge is 0.466 e. The average molecular weight is 195 g/mol. The SMILES string of the molecule is CCOC(=O)CCc1cccc(=O)[nH]1. The van der Waals surface area contributed by atoms with Gasteiger partial charge in [0.1, 0.15) is 0 Å². The molecule has 1 N–H and O–H groups in total. The van der Waals surface area contributed by atoms with Gasteiger partial charge in [0.15, 0.2) is 0 Å². The number of hydrogen-bond donors (Lipinski definition) is 1. The van der Waals surface area contributed by atoms with Crippen molar-refractivity contribution < 1.29 is 9.53 Å². The van der Waals surface area contributed by atoms with Gasteiger partial charge in [-0.1, -0.05) is 6.07 Å². The first-order valence-corrected chi connectivity index (χ1v) is 4.56. The third kappa shape index (κ3) is 3.43. The zero-order chi connectivity index (χ0) is 10.4. The summed E-state index contributed by atoms with van der Waals surface area (Å²) in [6.45, 7) is 2.16. The molecule has 0 spiro atoms. The van der Waals surface area contributed by atoms with Crippen LogP contribution in [0, 0.1) is 0 Å². The minimum absolute atomic E-state index is 0.147. The van der Waals surface area contributed by atoms with Crippen LogP contribution in [0.2, 0.25) is 0 Å². The minimum Gasteiger partial charge on any atom is -0.466 e. The molecule has 0 unspecified atom stereocenters. The number of nitrogens with one attached hydrogen (secondary N) is 1. The molecule has 1 aromatic rings. The minimum atomic E-state index is -0.239. The first-order chi connectivity index (χ1) is 6.72. The van der Waals surface area contributed by atoms with Crippen LogP contribution in [-0.2, 0) is 16.0 Å². The maximum absolute atomic E-state index is 11.0. The summed E-state index contributed by atoms with van der Waals surface area (Å²) in [5.74, 6) is -0.239. The summed E-state index contributed by atoms with van der Waals surface area (Å²) in [7, 11) is 0. The van der Waals surface area contributed by atoms with E-state index in [4.69, 9.17) is 4.74 Å². The number of rotatable bonds is 4. The number of carbonyl (C=O) groups excluding carboxylic acids is 1. The van der Waals surface area contributed by atoms with Crippen molar-refractivity contribution in [3.8, 4) is 0 Å². The Kier molecular flexibility index (Phi) is 3.91. The topological polar surface area (TPSA) is 59.2 Å². The highest BCUT2D eigenvalue weighted by atomic mass is 16.5. The van der Waals surface area contributed by atoms with Gasteiger partial charge in [-0.05, 0) is 19.4 Å². The highest BCUT2D eigenvalue weighted by Crippen LogP contribution is 1.97. The Morgan fingerprint density at radius 2 is 2.29 bits per heavy atom. The third-order valence-corrected chi connectivity index (χ3v) is 1.73. The number of pyridine rings is 1. The number of aromatic nitrogens is 1. The molecule has 0 saturated carbocycles. The highest BCUT2D eigenvalue weighted by Gasteiger charge is 2.02. The molecule has 1 heterocycles. The fraction of sp³-hybridized carbons (Fsp3) is 0.400. The molecule has 0 fully saturated rings. The van der Waals surface area contributed by atoms with E-state index >= 15 is 0 Å². The summed E-state index contributed by atoms with van der Waals surface area (Å²) in [5, 5.41) is 0. The Balaban J connectivity index is 2.46. The Morgan fingerprint density at radius 3 is 2.93 bits per heavy atom. The maximum Gasteiger partial charge on any atom is 0.306 e. The third-order valence-electron chi connectivity index (χ3n) is 1.73. The lowest BCUT2D eigenvalue weighted by Crippen LogP contribution is -2.09. The van der Waals surface area contributed by atoms with Crippen LogP contribution in [0.25, 0.3) is 0 Å². The molecule has 0 aliphatic heterocycles. The van der Waals surface area contributed by atoms with Crippen molar-refractivity contribution >= 4 is 5.97 Å². The van der Waals surface area contributed by atoms with E-state index in [9.17, 15) is 9.59 Å². The zero-order valence-electron chi connectivity index (χ0n) is 8.08. The molecule has 1 rings (SSSR count). The van der Waals surface area contributed by atoms with Gasteiger partial charge in [0.05, 0.1) is 13.0 Å². The van der Waals surface area contributed by atoms with Crippen LogP contribution < -0.4 is 5.56 Å². The Labute approximate surface area is 81.9 Å². The van der Waals surface area contributed by atoms with Crippen molar-refractivity contribution in [3.05, 3.63) is 34.2 Å². The lowest BCUT2D eigenvalue weighted by atomic mass is 10.2. The van der Waals surface area contributed by atoms with Gasteiger partial charge in [-0.3, -0.25) is 9.59 Å². The number of esters is 1. The standard InChI is InChI=1S/C10H13NO3/c1-2-14-10(13)7-6-8-4-3-5-9(12)11-8/h3-5H,2,6-7H2,1H3,(H,11,12).